The molecule has 0 amide bonds. The van der Waals surface area contributed by atoms with E-state index >= 15 is 0 Å². The number of pyridine rings is 1. The number of fused-ring (bicyclic) bond motifs is 1. The predicted octanol–water partition coefficient (Wildman–Crippen LogP) is 3.35. The molecule has 2 aliphatic heterocycles. The Bertz CT molecular complexity index is 926. The van der Waals surface area contributed by atoms with Crippen LogP contribution in [0.3, 0.4) is 0 Å². The van der Waals surface area contributed by atoms with Gasteiger partial charge in [-0.2, -0.15) is 5.26 Å². The number of likely N-dealkylation sites (tertiary alicyclic amines) is 1. The molecular formula is C24H30N4O. The minimum Gasteiger partial charge on any atom is -0.315 e. The second kappa shape index (κ2) is 8.61. The fourth-order valence-electron chi connectivity index (χ4n) is 5.17. The summed E-state index contributed by atoms with van der Waals surface area (Å²) in [7, 11) is 2.16. The molecule has 2 aromatic rings. The van der Waals surface area contributed by atoms with Crippen molar-refractivity contribution < 1.29 is 4.79 Å². The first-order valence-corrected chi connectivity index (χ1v) is 10.8. The third kappa shape index (κ3) is 4.05. The molecule has 0 spiro atoms. The molecule has 2 aliphatic rings. The molecule has 0 saturated carbocycles. The van der Waals surface area contributed by atoms with Crippen molar-refractivity contribution in [2.24, 2.45) is 17.8 Å². The van der Waals surface area contributed by atoms with Crippen LogP contribution in [-0.2, 0) is 4.79 Å². The van der Waals surface area contributed by atoms with Crippen LogP contribution in [0.1, 0.15) is 43.2 Å². The van der Waals surface area contributed by atoms with Gasteiger partial charge in [-0.15, -0.1) is 0 Å². The van der Waals surface area contributed by atoms with Crippen LogP contribution in [0.5, 0.6) is 0 Å². The molecule has 4 rings (SSSR count). The Balaban J connectivity index is 1.52. The number of aromatic nitrogens is 1. The van der Waals surface area contributed by atoms with Crippen molar-refractivity contribution in [3.8, 4) is 6.07 Å². The zero-order chi connectivity index (χ0) is 20.4. The van der Waals surface area contributed by atoms with Gasteiger partial charge in [0.25, 0.3) is 0 Å². The summed E-state index contributed by atoms with van der Waals surface area (Å²) in [6, 6.07) is 10.1. The van der Waals surface area contributed by atoms with Crippen molar-refractivity contribution >= 4 is 16.7 Å². The van der Waals surface area contributed by atoms with Gasteiger partial charge in [-0.1, -0.05) is 19.1 Å². The highest BCUT2D eigenvalue weighted by molar-refractivity contribution is 5.88. The summed E-state index contributed by atoms with van der Waals surface area (Å²) in [4.78, 5) is 20.1. The summed E-state index contributed by atoms with van der Waals surface area (Å²) >= 11 is 0. The number of rotatable bonds is 4. The van der Waals surface area contributed by atoms with Crippen molar-refractivity contribution in [3.63, 3.8) is 0 Å². The molecular weight excluding hydrogens is 360 g/mol. The quantitative estimate of drug-likeness (QED) is 0.867. The lowest BCUT2D eigenvalue weighted by Gasteiger charge is -2.36. The smallest absolute Gasteiger partial charge is 0.140 e. The van der Waals surface area contributed by atoms with Crippen LogP contribution < -0.4 is 5.32 Å². The molecule has 1 aromatic heterocycles. The van der Waals surface area contributed by atoms with Gasteiger partial charge in [0.1, 0.15) is 11.9 Å². The maximum absolute atomic E-state index is 13.3. The standard InChI is InChI=1S/C24H30N4O/c1-16(17-7-10-28(2)11-8-17)24(29)20-12-19(14-26-15-20)21-6-5-18(13-25)23-22(21)4-3-9-27-23/h3-6,9,16-17,19-20,26H,7-8,10-12,14-15H2,1-2H3/t16-,19+,20+/m0/s1. The van der Waals surface area contributed by atoms with E-state index < -0.39 is 0 Å². The molecule has 5 nitrogen and oxygen atoms in total. The topological polar surface area (TPSA) is 69.0 Å². The summed E-state index contributed by atoms with van der Waals surface area (Å²) in [5.41, 5.74) is 2.57. The number of carbonyl (C=O) groups is 1. The fraction of sp³-hybridized carbons (Fsp3) is 0.542. The number of nitriles is 1. The first-order chi connectivity index (χ1) is 14.1. The highest BCUT2D eigenvalue weighted by Crippen LogP contribution is 2.35. The van der Waals surface area contributed by atoms with E-state index in [2.05, 4.69) is 41.3 Å². The van der Waals surface area contributed by atoms with Crippen LogP contribution in [-0.4, -0.2) is 48.9 Å². The molecule has 2 saturated heterocycles. The van der Waals surface area contributed by atoms with Crippen molar-refractivity contribution in [3.05, 3.63) is 41.6 Å². The van der Waals surface area contributed by atoms with Crippen molar-refractivity contribution in [2.45, 2.75) is 32.1 Å². The van der Waals surface area contributed by atoms with Crippen LogP contribution in [0.15, 0.2) is 30.5 Å². The summed E-state index contributed by atoms with van der Waals surface area (Å²) in [6.07, 6.45) is 4.86. The highest BCUT2D eigenvalue weighted by Gasteiger charge is 2.35. The SMILES string of the molecule is C[C@H](C(=O)[C@H]1CNC[C@H](c2ccc(C#N)c3ncccc23)C1)C1CCN(C)CC1. The van der Waals surface area contributed by atoms with Crippen LogP contribution in [0.2, 0.25) is 0 Å². The van der Waals surface area contributed by atoms with Gasteiger partial charge in [0.2, 0.25) is 0 Å². The molecule has 5 heteroatoms. The van der Waals surface area contributed by atoms with Crippen molar-refractivity contribution in [1.82, 2.24) is 15.2 Å². The molecule has 3 atom stereocenters. The molecule has 1 aromatic carbocycles. The largest absolute Gasteiger partial charge is 0.315 e. The lowest BCUT2D eigenvalue weighted by atomic mass is 9.75. The summed E-state index contributed by atoms with van der Waals surface area (Å²) in [6.45, 7) is 5.97. The van der Waals surface area contributed by atoms with Gasteiger partial charge in [0.15, 0.2) is 0 Å². The van der Waals surface area contributed by atoms with Gasteiger partial charge in [-0.3, -0.25) is 9.78 Å². The maximum atomic E-state index is 13.3. The monoisotopic (exact) mass is 390 g/mol. The molecule has 0 radical (unpaired) electrons. The van der Waals surface area contributed by atoms with Gasteiger partial charge in [-0.25, -0.2) is 0 Å². The van der Waals surface area contributed by atoms with E-state index in [4.69, 9.17) is 0 Å². The minimum absolute atomic E-state index is 0.0609. The Morgan fingerprint density at radius 1 is 1.28 bits per heavy atom. The molecule has 3 heterocycles. The Morgan fingerprint density at radius 3 is 2.83 bits per heavy atom. The van der Waals surface area contributed by atoms with Crippen LogP contribution in [0.4, 0.5) is 0 Å². The third-order valence-corrected chi connectivity index (χ3v) is 7.04. The van der Waals surface area contributed by atoms with Crippen molar-refractivity contribution in [1.29, 1.82) is 5.26 Å². The number of carbonyl (C=O) groups excluding carboxylic acids is 1. The number of nitrogens with zero attached hydrogens (tertiary/aromatic N) is 3. The molecule has 1 N–H and O–H groups in total. The van der Waals surface area contributed by atoms with Gasteiger partial charge < -0.3 is 10.2 Å². The Morgan fingerprint density at radius 2 is 2.07 bits per heavy atom. The predicted molar refractivity (Wildman–Crippen MR) is 115 cm³/mol. The zero-order valence-corrected chi connectivity index (χ0v) is 17.4. The highest BCUT2D eigenvalue weighted by atomic mass is 16.1. The number of Topliss-reactive ketones (excluding diaryl/α,β-unsaturated/α-hetero) is 1. The second-order valence-corrected chi connectivity index (χ2v) is 8.83. The second-order valence-electron chi connectivity index (χ2n) is 8.83. The summed E-state index contributed by atoms with van der Waals surface area (Å²) < 4.78 is 0. The number of benzene rings is 1. The van der Waals surface area contributed by atoms with Gasteiger partial charge in [0.05, 0.1) is 11.1 Å². The number of nitrogens with one attached hydrogen (secondary N) is 1. The van der Waals surface area contributed by atoms with E-state index in [1.807, 2.05) is 18.2 Å². The average Bonchev–Trinajstić information content (AvgIpc) is 2.78. The molecule has 152 valence electrons. The fourth-order valence-corrected chi connectivity index (χ4v) is 5.17. The number of ketones is 1. The lowest BCUT2D eigenvalue weighted by molar-refractivity contribution is -0.129. The Labute approximate surface area is 173 Å². The van der Waals surface area contributed by atoms with Crippen LogP contribution in [0, 0.1) is 29.1 Å². The van der Waals surface area contributed by atoms with Crippen LogP contribution >= 0.6 is 0 Å². The van der Waals surface area contributed by atoms with E-state index in [0.717, 1.165) is 56.3 Å². The summed E-state index contributed by atoms with van der Waals surface area (Å²) in [5.74, 6) is 1.40. The molecule has 29 heavy (non-hydrogen) atoms. The Hall–Kier alpha value is -2.29. The maximum Gasteiger partial charge on any atom is 0.140 e. The van der Waals surface area contributed by atoms with Crippen molar-refractivity contribution in [2.75, 3.05) is 33.2 Å². The van der Waals surface area contributed by atoms with Crippen LogP contribution in [0.25, 0.3) is 10.9 Å². The molecule has 0 bridgehead atoms. The first kappa shape index (κ1) is 20.0. The average molecular weight is 391 g/mol. The van der Waals surface area contributed by atoms with Gasteiger partial charge >= 0.3 is 0 Å². The molecule has 0 unspecified atom stereocenters. The first-order valence-electron chi connectivity index (χ1n) is 10.8. The number of hydrogen-bond acceptors (Lipinski definition) is 5. The lowest BCUT2D eigenvalue weighted by Crippen LogP contribution is -2.43. The molecule has 2 fully saturated rings. The van der Waals surface area contributed by atoms with E-state index in [0.29, 0.717) is 17.3 Å². The number of piperidine rings is 2. The van der Waals surface area contributed by atoms with Gasteiger partial charge in [-0.05, 0) is 68.9 Å². The Kier molecular flexibility index (Phi) is 5.94. The third-order valence-electron chi connectivity index (χ3n) is 7.04. The number of hydrogen-bond donors (Lipinski definition) is 1. The summed E-state index contributed by atoms with van der Waals surface area (Å²) in [5, 5.41) is 13.9. The van der Waals surface area contributed by atoms with E-state index in [-0.39, 0.29) is 17.8 Å². The van der Waals surface area contributed by atoms with Gasteiger partial charge in [0, 0.05) is 36.5 Å². The van der Waals surface area contributed by atoms with E-state index in [1.165, 1.54) is 5.56 Å². The normalized spacial score (nSPS) is 24.9. The van der Waals surface area contributed by atoms with E-state index in [1.54, 1.807) is 6.20 Å². The zero-order valence-electron chi connectivity index (χ0n) is 17.4. The van der Waals surface area contributed by atoms with E-state index in [9.17, 15) is 10.1 Å². The molecule has 0 aliphatic carbocycles. The minimum atomic E-state index is 0.0609.